The molecule has 2 N–H and O–H groups in total. The van der Waals surface area contributed by atoms with Crippen LogP contribution in [-0.2, 0) is 13.1 Å². The van der Waals surface area contributed by atoms with Crippen LogP contribution in [0.25, 0.3) is 15.6 Å². The topological polar surface area (TPSA) is 106 Å². The third-order valence-corrected chi connectivity index (χ3v) is 6.76. The monoisotopic (exact) mass is 504 g/mol. The van der Waals surface area contributed by atoms with Gasteiger partial charge in [-0.05, 0) is 36.6 Å². The number of methoxy groups -OCH3 is 1. The van der Waals surface area contributed by atoms with E-state index in [1.165, 1.54) is 6.33 Å². The quantitative estimate of drug-likeness (QED) is 0.363. The molecule has 2 aromatic carbocycles. The van der Waals surface area contributed by atoms with Crippen LogP contribution in [0.4, 0.5) is 17.3 Å². The van der Waals surface area contributed by atoms with Crippen LogP contribution in [0.3, 0.4) is 0 Å². The van der Waals surface area contributed by atoms with E-state index in [4.69, 9.17) is 22.9 Å². The van der Waals surface area contributed by atoms with Crippen molar-refractivity contribution in [2.45, 2.75) is 31.5 Å². The first kappa shape index (κ1) is 23.8. The Kier molecular flexibility index (Phi) is 6.59. The third-order valence-electron chi connectivity index (χ3n) is 6.47. The van der Waals surface area contributed by atoms with Crippen molar-refractivity contribution in [3.8, 4) is 5.75 Å². The number of benzene rings is 2. The number of hydrogen-bond acceptors (Lipinski definition) is 8. The molecule has 11 heteroatoms. The van der Waals surface area contributed by atoms with Crippen LogP contribution in [0.5, 0.6) is 5.75 Å². The SMILES string of the molecule is [C-]#[N+]c1ccc2c(N3CCC(O)(Cn4cncn4)CC3)nnc(NCc3ccc(OC)c(Cl)c3)c2c1. The Morgan fingerprint density at radius 3 is 2.69 bits per heavy atom. The normalized spacial score (nSPS) is 15.0. The number of nitrogens with zero attached hydrogens (tertiary/aromatic N) is 7. The van der Waals surface area contributed by atoms with Gasteiger partial charge in [0.25, 0.3) is 0 Å². The maximum absolute atomic E-state index is 11.1. The van der Waals surface area contributed by atoms with Gasteiger partial charge in [-0.15, -0.1) is 10.2 Å². The molecule has 3 heterocycles. The molecule has 1 aliphatic heterocycles. The fraction of sp³-hybridized carbons (Fsp3) is 0.320. The Labute approximate surface area is 213 Å². The van der Waals surface area contributed by atoms with Crippen molar-refractivity contribution in [2.75, 3.05) is 30.4 Å². The highest BCUT2D eigenvalue weighted by atomic mass is 35.5. The van der Waals surface area contributed by atoms with Gasteiger partial charge in [-0.1, -0.05) is 29.8 Å². The summed E-state index contributed by atoms with van der Waals surface area (Å²) in [5.74, 6) is 1.94. The Balaban J connectivity index is 1.38. The fourth-order valence-electron chi connectivity index (χ4n) is 4.48. The van der Waals surface area contributed by atoms with Crippen molar-refractivity contribution >= 4 is 39.7 Å². The average Bonchev–Trinajstić information content (AvgIpc) is 3.40. The summed E-state index contributed by atoms with van der Waals surface area (Å²) in [6, 6.07) is 11.1. The van der Waals surface area contributed by atoms with Crippen LogP contribution in [0.2, 0.25) is 5.02 Å². The molecule has 0 unspecified atom stereocenters. The lowest BCUT2D eigenvalue weighted by atomic mass is 9.91. The molecule has 4 aromatic rings. The number of ether oxygens (including phenoxy) is 1. The number of anilines is 2. The minimum absolute atomic E-state index is 0.403. The van der Waals surface area contributed by atoms with Crippen molar-refractivity contribution in [1.29, 1.82) is 0 Å². The van der Waals surface area contributed by atoms with E-state index in [1.54, 1.807) is 24.2 Å². The maximum Gasteiger partial charge on any atom is 0.188 e. The fourth-order valence-corrected chi connectivity index (χ4v) is 4.76. The number of piperidine rings is 1. The summed E-state index contributed by atoms with van der Waals surface area (Å²) in [6.45, 7) is 9.58. The Bertz CT molecular complexity index is 1410. The Morgan fingerprint density at radius 2 is 2.00 bits per heavy atom. The van der Waals surface area contributed by atoms with Crippen LogP contribution in [0.15, 0.2) is 49.1 Å². The highest BCUT2D eigenvalue weighted by Gasteiger charge is 2.34. The van der Waals surface area contributed by atoms with E-state index in [-0.39, 0.29) is 0 Å². The molecule has 0 saturated carbocycles. The van der Waals surface area contributed by atoms with Crippen molar-refractivity contribution in [2.24, 2.45) is 0 Å². The summed E-state index contributed by atoms with van der Waals surface area (Å²) < 4.78 is 6.89. The van der Waals surface area contributed by atoms with Gasteiger partial charge in [0.05, 0.1) is 30.9 Å². The zero-order valence-electron chi connectivity index (χ0n) is 19.7. The molecule has 0 bridgehead atoms. The maximum atomic E-state index is 11.1. The predicted molar refractivity (Wildman–Crippen MR) is 138 cm³/mol. The minimum atomic E-state index is -0.855. The predicted octanol–water partition coefficient (Wildman–Crippen LogP) is 4.08. The number of aromatic nitrogens is 5. The van der Waals surface area contributed by atoms with E-state index >= 15 is 0 Å². The Hall–Kier alpha value is -3.94. The third kappa shape index (κ3) is 4.89. The van der Waals surface area contributed by atoms with Crippen LogP contribution >= 0.6 is 11.6 Å². The summed E-state index contributed by atoms with van der Waals surface area (Å²) in [7, 11) is 1.58. The molecular formula is C25H25ClN8O2. The molecule has 184 valence electrons. The molecule has 1 aliphatic rings. The van der Waals surface area contributed by atoms with Crippen LogP contribution < -0.4 is 15.0 Å². The molecule has 36 heavy (non-hydrogen) atoms. The molecule has 0 radical (unpaired) electrons. The second kappa shape index (κ2) is 9.97. The first-order valence-electron chi connectivity index (χ1n) is 11.5. The van der Waals surface area contributed by atoms with Crippen molar-refractivity contribution in [1.82, 2.24) is 25.0 Å². The van der Waals surface area contributed by atoms with Gasteiger partial charge in [-0.2, -0.15) is 5.10 Å². The second-order valence-electron chi connectivity index (χ2n) is 8.84. The molecular weight excluding hydrogens is 480 g/mol. The molecule has 0 spiro atoms. The van der Waals surface area contributed by atoms with Crippen molar-refractivity contribution in [3.05, 3.63) is 71.1 Å². The van der Waals surface area contributed by atoms with Crippen LogP contribution in [-0.4, -0.2) is 55.9 Å². The second-order valence-corrected chi connectivity index (χ2v) is 9.25. The summed E-state index contributed by atoms with van der Waals surface area (Å²) >= 11 is 6.27. The standard InChI is InChI=1S/C25H25ClN8O2/c1-27-18-4-5-19-20(12-18)23(29-13-17-3-6-22(36-2)21(26)11-17)31-32-24(19)33-9-7-25(35,8-10-33)14-34-16-28-15-30-34/h3-6,11-12,15-16,35H,7-10,13-14H2,2H3,(H,29,31). The van der Waals surface area contributed by atoms with E-state index < -0.39 is 5.60 Å². The lowest BCUT2D eigenvalue weighted by molar-refractivity contribution is -0.00319. The highest BCUT2D eigenvalue weighted by Crippen LogP contribution is 2.35. The van der Waals surface area contributed by atoms with Gasteiger partial charge in [-0.25, -0.2) is 9.83 Å². The molecule has 0 amide bonds. The number of nitrogens with one attached hydrogen (secondary N) is 1. The average molecular weight is 505 g/mol. The molecule has 5 rings (SSSR count). The molecule has 0 atom stereocenters. The van der Waals surface area contributed by atoms with Crippen LogP contribution in [0, 0.1) is 6.57 Å². The zero-order chi connectivity index (χ0) is 25.1. The van der Waals surface area contributed by atoms with E-state index in [0.29, 0.717) is 61.3 Å². The Morgan fingerprint density at radius 1 is 1.17 bits per heavy atom. The van der Waals surface area contributed by atoms with Crippen molar-refractivity contribution < 1.29 is 9.84 Å². The summed E-state index contributed by atoms with van der Waals surface area (Å²) in [5.41, 5.74) is 0.632. The zero-order valence-corrected chi connectivity index (χ0v) is 20.5. The van der Waals surface area contributed by atoms with Gasteiger partial charge in [0.2, 0.25) is 0 Å². The number of rotatable bonds is 7. The molecule has 0 aliphatic carbocycles. The number of halogens is 1. The molecule has 2 aromatic heterocycles. The number of fused-ring (bicyclic) bond motifs is 1. The van der Waals surface area contributed by atoms with Gasteiger partial charge in [0.1, 0.15) is 18.4 Å². The van der Waals surface area contributed by atoms with E-state index in [2.05, 4.69) is 35.3 Å². The van der Waals surface area contributed by atoms with Gasteiger partial charge in [0.15, 0.2) is 17.3 Å². The number of hydrogen-bond donors (Lipinski definition) is 2. The van der Waals surface area contributed by atoms with E-state index in [9.17, 15) is 5.11 Å². The first-order chi connectivity index (χ1) is 17.5. The summed E-state index contributed by atoms with van der Waals surface area (Å²) in [5, 5.41) is 29.8. The minimum Gasteiger partial charge on any atom is -0.495 e. The van der Waals surface area contributed by atoms with E-state index in [1.807, 2.05) is 30.3 Å². The smallest absolute Gasteiger partial charge is 0.188 e. The van der Waals surface area contributed by atoms with Gasteiger partial charge >= 0.3 is 0 Å². The van der Waals surface area contributed by atoms with Crippen molar-refractivity contribution in [3.63, 3.8) is 0 Å². The van der Waals surface area contributed by atoms with E-state index in [0.717, 1.165) is 22.2 Å². The summed E-state index contributed by atoms with van der Waals surface area (Å²) in [6.07, 6.45) is 4.21. The first-order valence-corrected chi connectivity index (χ1v) is 11.9. The summed E-state index contributed by atoms with van der Waals surface area (Å²) in [4.78, 5) is 9.68. The lowest BCUT2D eigenvalue weighted by Gasteiger charge is -2.38. The largest absolute Gasteiger partial charge is 0.495 e. The van der Waals surface area contributed by atoms with Gasteiger partial charge in [-0.3, -0.25) is 4.68 Å². The van der Waals surface area contributed by atoms with Gasteiger partial charge < -0.3 is 20.1 Å². The highest BCUT2D eigenvalue weighted by molar-refractivity contribution is 6.32. The molecule has 10 nitrogen and oxygen atoms in total. The van der Waals surface area contributed by atoms with Crippen LogP contribution in [0.1, 0.15) is 18.4 Å². The lowest BCUT2D eigenvalue weighted by Crippen LogP contribution is -2.47. The number of aliphatic hydroxyl groups is 1. The van der Waals surface area contributed by atoms with Gasteiger partial charge in [0, 0.05) is 30.4 Å². The molecule has 1 fully saturated rings. The molecule has 1 saturated heterocycles.